The lowest BCUT2D eigenvalue weighted by Gasteiger charge is -2.24. The van der Waals surface area contributed by atoms with E-state index in [4.69, 9.17) is 0 Å². The second kappa shape index (κ2) is 3.59. The van der Waals surface area contributed by atoms with Gasteiger partial charge in [-0.3, -0.25) is 0 Å². The van der Waals surface area contributed by atoms with Crippen molar-refractivity contribution < 1.29 is 0 Å². The van der Waals surface area contributed by atoms with Gasteiger partial charge in [0.2, 0.25) is 0 Å². The molecular formula is C11H12BrN3. The van der Waals surface area contributed by atoms with Gasteiger partial charge in [0.1, 0.15) is 5.52 Å². The minimum Gasteiger partial charge on any atom is -0.244 e. The predicted molar refractivity (Wildman–Crippen MR) is 62.6 cm³/mol. The van der Waals surface area contributed by atoms with Crippen molar-refractivity contribution in [1.29, 1.82) is 0 Å². The summed E-state index contributed by atoms with van der Waals surface area (Å²) in [4.78, 5) is 0. The molecule has 1 aromatic heterocycles. The Bertz CT molecular complexity index is 488. The van der Waals surface area contributed by atoms with Crippen LogP contribution in [-0.4, -0.2) is 15.0 Å². The highest BCUT2D eigenvalue weighted by Gasteiger charge is 2.19. The molecule has 1 fully saturated rings. The van der Waals surface area contributed by atoms with Crippen molar-refractivity contribution in [1.82, 2.24) is 15.0 Å². The van der Waals surface area contributed by atoms with Crippen molar-refractivity contribution in [3.05, 3.63) is 22.7 Å². The topological polar surface area (TPSA) is 30.7 Å². The second-order valence-corrected chi connectivity index (χ2v) is 5.12. The van der Waals surface area contributed by atoms with Crippen LogP contribution in [0, 0.1) is 5.92 Å². The number of hydrogen-bond donors (Lipinski definition) is 0. The first kappa shape index (κ1) is 9.33. The minimum absolute atomic E-state index is 0.818. The Hall–Kier alpha value is -0.900. The van der Waals surface area contributed by atoms with Gasteiger partial charge in [-0.1, -0.05) is 27.6 Å². The molecule has 0 spiro atoms. The Morgan fingerprint density at radius 1 is 1.40 bits per heavy atom. The third kappa shape index (κ3) is 1.67. The van der Waals surface area contributed by atoms with Crippen molar-refractivity contribution in [3.8, 4) is 0 Å². The first-order chi connectivity index (χ1) is 7.33. The van der Waals surface area contributed by atoms with Crippen LogP contribution in [0.2, 0.25) is 0 Å². The van der Waals surface area contributed by atoms with Gasteiger partial charge in [0.15, 0.2) is 0 Å². The molecule has 0 bridgehead atoms. The molecule has 1 aromatic carbocycles. The van der Waals surface area contributed by atoms with E-state index in [2.05, 4.69) is 32.3 Å². The third-order valence-electron chi connectivity index (χ3n) is 3.13. The van der Waals surface area contributed by atoms with Crippen LogP contribution in [0.3, 0.4) is 0 Å². The molecule has 0 unspecified atom stereocenters. The summed E-state index contributed by atoms with van der Waals surface area (Å²) < 4.78 is 3.09. The van der Waals surface area contributed by atoms with Gasteiger partial charge in [-0.15, -0.1) is 5.10 Å². The highest BCUT2D eigenvalue weighted by molar-refractivity contribution is 9.10. The van der Waals surface area contributed by atoms with Crippen LogP contribution in [0.5, 0.6) is 0 Å². The number of nitrogens with zero attached hydrogens (tertiary/aromatic N) is 3. The Kier molecular flexibility index (Phi) is 2.24. The van der Waals surface area contributed by atoms with Gasteiger partial charge >= 0.3 is 0 Å². The number of fused-ring (bicyclic) bond motifs is 1. The summed E-state index contributed by atoms with van der Waals surface area (Å²) in [7, 11) is 0. The fourth-order valence-electron chi connectivity index (χ4n) is 2.00. The number of rotatable bonds is 2. The molecular weight excluding hydrogens is 254 g/mol. The fourth-order valence-corrected chi connectivity index (χ4v) is 2.35. The summed E-state index contributed by atoms with van der Waals surface area (Å²) in [6.07, 6.45) is 4.07. The molecule has 2 aromatic rings. The van der Waals surface area contributed by atoms with Crippen LogP contribution in [0.1, 0.15) is 19.3 Å². The van der Waals surface area contributed by atoms with Crippen LogP contribution in [0.4, 0.5) is 0 Å². The molecule has 15 heavy (non-hydrogen) atoms. The molecule has 78 valence electrons. The molecule has 3 rings (SSSR count). The quantitative estimate of drug-likeness (QED) is 0.836. The van der Waals surface area contributed by atoms with Crippen molar-refractivity contribution in [2.75, 3.05) is 0 Å². The Labute approximate surface area is 96.6 Å². The van der Waals surface area contributed by atoms with Gasteiger partial charge in [0.25, 0.3) is 0 Å². The smallest absolute Gasteiger partial charge is 0.114 e. The van der Waals surface area contributed by atoms with E-state index < -0.39 is 0 Å². The fraction of sp³-hybridized carbons (Fsp3) is 0.455. The van der Waals surface area contributed by atoms with E-state index in [0.29, 0.717) is 0 Å². The number of hydrogen-bond acceptors (Lipinski definition) is 2. The van der Waals surface area contributed by atoms with E-state index in [1.54, 1.807) is 0 Å². The number of aromatic nitrogens is 3. The summed E-state index contributed by atoms with van der Waals surface area (Å²) in [5.74, 6) is 0.818. The molecule has 1 aliphatic rings. The molecule has 3 nitrogen and oxygen atoms in total. The Balaban J connectivity index is 1.96. The lowest BCUT2D eigenvalue weighted by Crippen LogP contribution is -2.18. The zero-order valence-corrected chi connectivity index (χ0v) is 9.94. The summed E-state index contributed by atoms with van der Waals surface area (Å²) in [6.45, 7) is 1.03. The Morgan fingerprint density at radius 3 is 3.00 bits per heavy atom. The summed E-state index contributed by atoms with van der Waals surface area (Å²) in [5.41, 5.74) is 2.12. The van der Waals surface area contributed by atoms with Crippen molar-refractivity contribution in [3.63, 3.8) is 0 Å². The van der Waals surface area contributed by atoms with E-state index in [9.17, 15) is 0 Å². The van der Waals surface area contributed by atoms with Gasteiger partial charge in [-0.25, -0.2) is 4.68 Å². The molecule has 0 amide bonds. The van der Waals surface area contributed by atoms with Crippen LogP contribution in [-0.2, 0) is 6.54 Å². The van der Waals surface area contributed by atoms with Crippen LogP contribution < -0.4 is 0 Å². The number of halogens is 1. The standard InChI is InChI=1S/C11H12BrN3/c12-9-4-5-11-10(6-9)13-14-15(11)7-8-2-1-3-8/h4-6,8H,1-3,7H2. The maximum Gasteiger partial charge on any atom is 0.114 e. The highest BCUT2D eigenvalue weighted by Crippen LogP contribution is 2.28. The largest absolute Gasteiger partial charge is 0.244 e. The van der Waals surface area contributed by atoms with Gasteiger partial charge in [0.05, 0.1) is 5.52 Å². The molecule has 0 N–H and O–H groups in total. The monoisotopic (exact) mass is 265 g/mol. The lowest BCUT2D eigenvalue weighted by atomic mass is 9.85. The third-order valence-corrected chi connectivity index (χ3v) is 3.63. The summed E-state index contributed by atoms with van der Waals surface area (Å²) in [5, 5.41) is 8.38. The zero-order chi connectivity index (χ0) is 10.3. The maximum atomic E-state index is 4.20. The zero-order valence-electron chi connectivity index (χ0n) is 8.36. The SMILES string of the molecule is Brc1ccc2c(c1)nnn2CC1CCC1. The normalized spacial score (nSPS) is 16.9. The molecule has 0 aliphatic heterocycles. The first-order valence-electron chi connectivity index (χ1n) is 5.32. The molecule has 1 aliphatic carbocycles. The predicted octanol–water partition coefficient (Wildman–Crippen LogP) is 2.99. The van der Waals surface area contributed by atoms with Crippen LogP contribution in [0.25, 0.3) is 11.0 Å². The molecule has 1 heterocycles. The number of benzene rings is 1. The summed E-state index contributed by atoms with van der Waals surface area (Å²) >= 11 is 3.44. The Morgan fingerprint density at radius 2 is 2.27 bits per heavy atom. The first-order valence-corrected chi connectivity index (χ1v) is 6.11. The summed E-state index contributed by atoms with van der Waals surface area (Å²) in [6, 6.07) is 6.14. The maximum absolute atomic E-state index is 4.20. The van der Waals surface area contributed by atoms with Crippen LogP contribution in [0.15, 0.2) is 22.7 Å². The second-order valence-electron chi connectivity index (χ2n) is 4.20. The van der Waals surface area contributed by atoms with Crippen LogP contribution >= 0.6 is 15.9 Å². The van der Waals surface area contributed by atoms with E-state index in [1.165, 1.54) is 19.3 Å². The molecule has 0 saturated heterocycles. The molecule has 1 saturated carbocycles. The average Bonchev–Trinajstić information content (AvgIpc) is 2.54. The van der Waals surface area contributed by atoms with Gasteiger partial charge in [0, 0.05) is 11.0 Å². The van der Waals surface area contributed by atoms with Crippen molar-refractivity contribution in [2.45, 2.75) is 25.8 Å². The van der Waals surface area contributed by atoms with E-state index in [1.807, 2.05) is 16.8 Å². The van der Waals surface area contributed by atoms with Gasteiger partial charge in [-0.05, 0) is 37.0 Å². The van der Waals surface area contributed by atoms with Gasteiger partial charge < -0.3 is 0 Å². The van der Waals surface area contributed by atoms with Crippen molar-refractivity contribution in [2.24, 2.45) is 5.92 Å². The minimum atomic E-state index is 0.818. The molecule has 0 atom stereocenters. The average molecular weight is 266 g/mol. The van der Waals surface area contributed by atoms with E-state index in [-0.39, 0.29) is 0 Å². The highest BCUT2D eigenvalue weighted by atomic mass is 79.9. The molecule has 4 heteroatoms. The molecule has 0 radical (unpaired) electrons. The lowest BCUT2D eigenvalue weighted by molar-refractivity contribution is 0.268. The van der Waals surface area contributed by atoms with E-state index in [0.717, 1.165) is 28.0 Å². The van der Waals surface area contributed by atoms with E-state index >= 15 is 0 Å². The van der Waals surface area contributed by atoms with Gasteiger partial charge in [-0.2, -0.15) is 0 Å². The van der Waals surface area contributed by atoms with Crippen molar-refractivity contribution >= 4 is 27.0 Å².